The van der Waals surface area contributed by atoms with Gasteiger partial charge in [-0.1, -0.05) is 30.3 Å². The Morgan fingerprint density at radius 1 is 1.04 bits per heavy atom. The number of H-pyrrole nitrogens is 1. The van der Waals surface area contributed by atoms with E-state index in [0.717, 1.165) is 12.1 Å². The Kier molecular flexibility index (Phi) is 5.46. The Balaban J connectivity index is 0.00000182. The van der Waals surface area contributed by atoms with E-state index in [1.165, 1.54) is 37.6 Å². The highest BCUT2D eigenvalue weighted by atomic mass is 35.5. The third-order valence-corrected chi connectivity index (χ3v) is 4.40. The molecule has 2 heterocycles. The van der Waals surface area contributed by atoms with E-state index in [9.17, 15) is 4.39 Å². The first-order chi connectivity index (χ1) is 11.8. The van der Waals surface area contributed by atoms with Gasteiger partial charge in [0, 0.05) is 12.1 Å². The van der Waals surface area contributed by atoms with Crippen molar-refractivity contribution in [1.82, 2.24) is 20.1 Å². The summed E-state index contributed by atoms with van der Waals surface area (Å²) in [5.74, 6) is 0.743. The van der Waals surface area contributed by atoms with Crippen LogP contribution in [-0.2, 0) is 6.54 Å². The van der Waals surface area contributed by atoms with Crippen LogP contribution in [0.2, 0.25) is 0 Å². The van der Waals surface area contributed by atoms with Crippen molar-refractivity contribution in [2.75, 3.05) is 13.1 Å². The second kappa shape index (κ2) is 7.76. The maximum Gasteiger partial charge on any atom is 0.181 e. The Morgan fingerprint density at radius 2 is 1.84 bits per heavy atom. The molecular weight excluding hydrogens is 339 g/mol. The van der Waals surface area contributed by atoms with Crippen molar-refractivity contribution in [3.63, 3.8) is 0 Å². The maximum atomic E-state index is 13.9. The van der Waals surface area contributed by atoms with Crippen LogP contribution in [0.4, 0.5) is 4.39 Å². The lowest BCUT2D eigenvalue weighted by Crippen LogP contribution is -2.18. The van der Waals surface area contributed by atoms with Crippen LogP contribution in [0.5, 0.6) is 0 Å². The molecule has 25 heavy (non-hydrogen) atoms. The van der Waals surface area contributed by atoms with E-state index >= 15 is 0 Å². The highest BCUT2D eigenvalue weighted by molar-refractivity contribution is 5.85. The number of nitrogens with one attached hydrogen (secondary N) is 1. The van der Waals surface area contributed by atoms with E-state index in [-0.39, 0.29) is 18.2 Å². The van der Waals surface area contributed by atoms with Gasteiger partial charge >= 0.3 is 0 Å². The maximum absolute atomic E-state index is 13.9. The van der Waals surface area contributed by atoms with Gasteiger partial charge in [0.1, 0.15) is 5.82 Å². The molecule has 130 valence electrons. The number of halogens is 2. The van der Waals surface area contributed by atoms with Crippen molar-refractivity contribution in [1.29, 1.82) is 0 Å². The van der Waals surface area contributed by atoms with Crippen molar-refractivity contribution in [3.05, 3.63) is 59.9 Å². The Bertz CT molecular complexity index is 843. The predicted octanol–water partition coefficient (Wildman–Crippen LogP) is 4.30. The molecule has 6 heteroatoms. The number of benzene rings is 2. The molecule has 1 aliphatic rings. The van der Waals surface area contributed by atoms with Crippen LogP contribution < -0.4 is 0 Å². The normalized spacial score (nSPS) is 14.4. The Morgan fingerprint density at radius 3 is 2.64 bits per heavy atom. The average molecular weight is 359 g/mol. The van der Waals surface area contributed by atoms with Gasteiger partial charge in [-0.2, -0.15) is 5.10 Å². The number of hydrogen-bond donors (Lipinski definition) is 1. The lowest BCUT2D eigenvalue weighted by atomic mass is 10.1. The first kappa shape index (κ1) is 17.6. The summed E-state index contributed by atoms with van der Waals surface area (Å²) in [6.45, 7) is 3.29. The van der Waals surface area contributed by atoms with Crippen LogP contribution in [0.3, 0.4) is 0 Å². The molecule has 0 atom stereocenters. The molecule has 0 bridgehead atoms. The molecule has 4 nitrogen and oxygen atoms in total. The summed E-state index contributed by atoms with van der Waals surface area (Å²) in [4.78, 5) is 6.92. The molecule has 1 fully saturated rings. The van der Waals surface area contributed by atoms with Crippen molar-refractivity contribution < 1.29 is 4.39 Å². The lowest BCUT2D eigenvalue weighted by Gasteiger charge is -2.14. The van der Waals surface area contributed by atoms with E-state index in [2.05, 4.69) is 32.2 Å². The van der Waals surface area contributed by atoms with Gasteiger partial charge in [-0.05, 0) is 49.7 Å². The Hall–Kier alpha value is -2.24. The predicted molar refractivity (Wildman–Crippen MR) is 99.0 cm³/mol. The summed E-state index contributed by atoms with van der Waals surface area (Å²) in [7, 11) is 0. The zero-order chi connectivity index (χ0) is 16.4. The number of aromatic nitrogens is 3. The van der Waals surface area contributed by atoms with Crippen LogP contribution in [0.15, 0.2) is 48.5 Å². The summed E-state index contributed by atoms with van der Waals surface area (Å²) < 4.78 is 13.9. The smallest absolute Gasteiger partial charge is 0.181 e. The van der Waals surface area contributed by atoms with Gasteiger partial charge in [-0.15, -0.1) is 12.4 Å². The van der Waals surface area contributed by atoms with E-state index in [1.54, 1.807) is 18.2 Å². The third-order valence-electron chi connectivity index (χ3n) is 4.40. The number of nitrogens with zero attached hydrogens (tertiary/aromatic N) is 3. The fourth-order valence-electron chi connectivity index (χ4n) is 3.17. The highest BCUT2D eigenvalue weighted by Gasteiger charge is 2.14. The van der Waals surface area contributed by atoms with Gasteiger partial charge in [0.05, 0.1) is 5.56 Å². The summed E-state index contributed by atoms with van der Waals surface area (Å²) >= 11 is 0. The van der Waals surface area contributed by atoms with Crippen molar-refractivity contribution in [3.8, 4) is 22.8 Å². The van der Waals surface area contributed by atoms with E-state index < -0.39 is 0 Å². The number of likely N-dealkylation sites (tertiary alicyclic amines) is 1. The summed E-state index contributed by atoms with van der Waals surface area (Å²) in [5, 5.41) is 7.10. The first-order valence-electron chi connectivity index (χ1n) is 8.28. The molecule has 0 unspecified atom stereocenters. The van der Waals surface area contributed by atoms with Crippen molar-refractivity contribution in [2.45, 2.75) is 19.4 Å². The Labute approximate surface area is 152 Å². The SMILES string of the molecule is Cl.Fc1ccccc1-c1nc(-c2cccc(CN3CCCC3)c2)n[nH]1. The monoisotopic (exact) mass is 358 g/mol. The lowest BCUT2D eigenvalue weighted by molar-refractivity contribution is 0.331. The molecule has 0 spiro atoms. The molecule has 4 rings (SSSR count). The quantitative estimate of drug-likeness (QED) is 0.756. The van der Waals surface area contributed by atoms with Gasteiger partial charge in [0.2, 0.25) is 0 Å². The molecule has 1 aliphatic heterocycles. The number of hydrogen-bond acceptors (Lipinski definition) is 3. The highest BCUT2D eigenvalue weighted by Crippen LogP contribution is 2.23. The second-order valence-electron chi connectivity index (χ2n) is 6.17. The third kappa shape index (κ3) is 3.89. The molecule has 1 N–H and O–H groups in total. The molecule has 0 radical (unpaired) electrons. The van der Waals surface area contributed by atoms with Crippen LogP contribution in [0.25, 0.3) is 22.8 Å². The fraction of sp³-hybridized carbons (Fsp3) is 0.263. The summed E-state index contributed by atoms with van der Waals surface area (Å²) in [6, 6.07) is 14.8. The van der Waals surface area contributed by atoms with Crippen molar-refractivity contribution >= 4 is 12.4 Å². The summed E-state index contributed by atoms with van der Waals surface area (Å²) in [5.41, 5.74) is 2.64. The molecule has 0 amide bonds. The number of rotatable bonds is 4. The van der Waals surface area contributed by atoms with Gasteiger partial charge < -0.3 is 0 Å². The van der Waals surface area contributed by atoms with Crippen LogP contribution in [0, 0.1) is 5.82 Å². The fourth-order valence-corrected chi connectivity index (χ4v) is 3.17. The molecule has 3 aromatic rings. The molecular formula is C19H20ClFN4. The standard InChI is InChI=1S/C19H19FN4.ClH/c20-17-9-2-1-8-16(17)19-21-18(22-23-19)15-7-5-6-14(12-15)13-24-10-3-4-11-24;/h1-2,5-9,12H,3-4,10-11,13H2,(H,21,22,23);1H. The second-order valence-corrected chi connectivity index (χ2v) is 6.17. The molecule has 0 saturated carbocycles. The minimum Gasteiger partial charge on any atom is -0.299 e. The minimum atomic E-state index is -0.303. The van der Waals surface area contributed by atoms with Crippen LogP contribution >= 0.6 is 12.4 Å². The van der Waals surface area contributed by atoms with Crippen LogP contribution in [0.1, 0.15) is 18.4 Å². The van der Waals surface area contributed by atoms with Gasteiger partial charge in [0.25, 0.3) is 0 Å². The van der Waals surface area contributed by atoms with Gasteiger partial charge in [-0.3, -0.25) is 10.00 Å². The number of aromatic amines is 1. The van der Waals surface area contributed by atoms with E-state index in [0.29, 0.717) is 17.2 Å². The molecule has 2 aromatic carbocycles. The molecule has 1 aromatic heterocycles. The van der Waals surface area contributed by atoms with Crippen LogP contribution in [-0.4, -0.2) is 33.2 Å². The van der Waals surface area contributed by atoms with Crippen molar-refractivity contribution in [2.24, 2.45) is 0 Å². The molecule has 1 saturated heterocycles. The van der Waals surface area contributed by atoms with E-state index in [4.69, 9.17) is 0 Å². The van der Waals surface area contributed by atoms with Gasteiger partial charge in [-0.25, -0.2) is 9.37 Å². The summed E-state index contributed by atoms with van der Waals surface area (Å²) in [6.07, 6.45) is 2.57. The molecule has 0 aliphatic carbocycles. The largest absolute Gasteiger partial charge is 0.299 e. The average Bonchev–Trinajstić information content (AvgIpc) is 3.27. The topological polar surface area (TPSA) is 44.8 Å². The first-order valence-corrected chi connectivity index (χ1v) is 8.28. The van der Waals surface area contributed by atoms with E-state index in [1.807, 2.05) is 12.1 Å². The minimum absolute atomic E-state index is 0. The van der Waals surface area contributed by atoms with Gasteiger partial charge in [0.15, 0.2) is 11.6 Å². The zero-order valence-corrected chi connectivity index (χ0v) is 14.6. The zero-order valence-electron chi connectivity index (χ0n) is 13.8.